The van der Waals surface area contributed by atoms with Crippen LogP contribution in [0.15, 0.2) is 0 Å². The smallest absolute Gasteiger partial charge is 0.0911 e. The Bertz CT molecular complexity index is 197. The van der Waals surface area contributed by atoms with Crippen LogP contribution in [0.2, 0.25) is 0 Å². The molecule has 1 aliphatic rings. The summed E-state index contributed by atoms with van der Waals surface area (Å²) in [4.78, 5) is 0. The maximum atomic E-state index is 7.26. The first-order valence-corrected chi connectivity index (χ1v) is 5.45. The molecule has 1 saturated carbocycles. The Hall–Kier alpha value is -0.570. The molecule has 1 fully saturated rings. The van der Waals surface area contributed by atoms with Crippen molar-refractivity contribution in [2.24, 2.45) is 17.1 Å². The minimum Gasteiger partial charge on any atom is -0.388 e. The van der Waals surface area contributed by atoms with Gasteiger partial charge in [0.15, 0.2) is 0 Å². The lowest BCUT2D eigenvalue weighted by molar-refractivity contribution is 0.0845. The first-order valence-electron chi connectivity index (χ1n) is 5.45. The van der Waals surface area contributed by atoms with Crippen molar-refractivity contribution in [2.75, 3.05) is 13.2 Å². The van der Waals surface area contributed by atoms with Gasteiger partial charge in [0.1, 0.15) is 0 Å². The quantitative estimate of drug-likeness (QED) is 0.374. The zero-order chi connectivity index (χ0) is 10.6. The van der Waals surface area contributed by atoms with Gasteiger partial charge >= 0.3 is 0 Å². The standard InChI is InChI=1S/C11H22N2O/c1-9(2)3-6-14-8-11(4-5-11)7-10(12)13/h9H,3-8H2,1-2H3,(H3,12,13). The summed E-state index contributed by atoms with van der Waals surface area (Å²) in [6.07, 6.45) is 4.19. The molecule has 0 aliphatic heterocycles. The molecule has 0 aromatic carbocycles. The second kappa shape index (κ2) is 4.78. The van der Waals surface area contributed by atoms with Crippen LogP contribution in [-0.2, 0) is 4.74 Å². The highest BCUT2D eigenvalue weighted by Crippen LogP contribution is 2.48. The molecule has 0 atom stereocenters. The molecule has 3 nitrogen and oxygen atoms in total. The van der Waals surface area contributed by atoms with E-state index in [1.54, 1.807) is 0 Å². The molecule has 1 rings (SSSR count). The van der Waals surface area contributed by atoms with Gasteiger partial charge in [-0.1, -0.05) is 13.8 Å². The molecule has 0 unspecified atom stereocenters. The van der Waals surface area contributed by atoms with Crippen LogP contribution in [0.3, 0.4) is 0 Å². The Morgan fingerprint density at radius 1 is 1.50 bits per heavy atom. The molecular weight excluding hydrogens is 176 g/mol. The normalized spacial score (nSPS) is 18.5. The molecule has 3 heteroatoms. The second-order valence-corrected chi connectivity index (χ2v) is 4.94. The predicted molar refractivity (Wildman–Crippen MR) is 58.5 cm³/mol. The zero-order valence-electron chi connectivity index (χ0n) is 9.31. The van der Waals surface area contributed by atoms with Crippen molar-refractivity contribution < 1.29 is 4.74 Å². The third-order valence-corrected chi connectivity index (χ3v) is 2.77. The van der Waals surface area contributed by atoms with Gasteiger partial charge in [0.25, 0.3) is 0 Å². The van der Waals surface area contributed by atoms with Gasteiger partial charge in [0.05, 0.1) is 12.4 Å². The van der Waals surface area contributed by atoms with E-state index in [0.717, 1.165) is 19.6 Å². The monoisotopic (exact) mass is 198 g/mol. The van der Waals surface area contributed by atoms with Crippen LogP contribution in [0.1, 0.15) is 39.5 Å². The van der Waals surface area contributed by atoms with Crippen LogP contribution >= 0.6 is 0 Å². The molecule has 1 aliphatic carbocycles. The number of ether oxygens (including phenoxy) is 1. The topological polar surface area (TPSA) is 59.1 Å². The molecule has 0 amide bonds. The lowest BCUT2D eigenvalue weighted by Gasteiger charge is -2.14. The Morgan fingerprint density at radius 3 is 2.57 bits per heavy atom. The number of rotatable bonds is 7. The lowest BCUT2D eigenvalue weighted by Crippen LogP contribution is -2.20. The predicted octanol–water partition coefficient (Wildman–Crippen LogP) is 2.16. The summed E-state index contributed by atoms with van der Waals surface area (Å²) in [5.41, 5.74) is 5.64. The third kappa shape index (κ3) is 4.09. The number of nitrogens with two attached hydrogens (primary N) is 1. The minimum atomic E-state index is 0.239. The van der Waals surface area contributed by atoms with E-state index in [1.165, 1.54) is 12.8 Å². The van der Waals surface area contributed by atoms with Crippen molar-refractivity contribution >= 4 is 5.84 Å². The van der Waals surface area contributed by atoms with Gasteiger partial charge in [0.2, 0.25) is 0 Å². The molecular formula is C11H22N2O. The van der Waals surface area contributed by atoms with Crippen LogP contribution in [0.4, 0.5) is 0 Å². The number of nitrogens with one attached hydrogen (secondary N) is 1. The Labute approximate surface area is 86.5 Å². The average molecular weight is 198 g/mol. The van der Waals surface area contributed by atoms with Crippen molar-refractivity contribution in [3.8, 4) is 0 Å². The fourth-order valence-corrected chi connectivity index (χ4v) is 1.56. The molecule has 0 radical (unpaired) electrons. The number of amidine groups is 1. The molecule has 0 bridgehead atoms. The Morgan fingerprint density at radius 2 is 2.14 bits per heavy atom. The zero-order valence-corrected chi connectivity index (χ0v) is 9.31. The summed E-state index contributed by atoms with van der Waals surface area (Å²) < 4.78 is 5.62. The van der Waals surface area contributed by atoms with Crippen molar-refractivity contribution in [2.45, 2.75) is 39.5 Å². The van der Waals surface area contributed by atoms with Crippen LogP contribution in [-0.4, -0.2) is 19.0 Å². The summed E-state index contributed by atoms with van der Waals surface area (Å²) in [6.45, 7) is 6.04. The van der Waals surface area contributed by atoms with Crippen LogP contribution < -0.4 is 5.73 Å². The first kappa shape index (κ1) is 11.5. The van der Waals surface area contributed by atoms with Crippen molar-refractivity contribution in [3.63, 3.8) is 0 Å². The van der Waals surface area contributed by atoms with Gasteiger partial charge in [0, 0.05) is 18.4 Å². The molecule has 14 heavy (non-hydrogen) atoms. The summed E-state index contributed by atoms with van der Waals surface area (Å²) >= 11 is 0. The van der Waals surface area contributed by atoms with E-state index in [0.29, 0.717) is 18.2 Å². The van der Waals surface area contributed by atoms with E-state index >= 15 is 0 Å². The Balaban J connectivity index is 2.09. The molecule has 82 valence electrons. The molecule has 0 heterocycles. The largest absolute Gasteiger partial charge is 0.388 e. The third-order valence-electron chi connectivity index (χ3n) is 2.77. The van der Waals surface area contributed by atoms with E-state index in [9.17, 15) is 0 Å². The number of hydrogen-bond donors (Lipinski definition) is 2. The lowest BCUT2D eigenvalue weighted by atomic mass is 10.0. The number of hydrogen-bond acceptors (Lipinski definition) is 2. The van der Waals surface area contributed by atoms with Gasteiger partial charge in [-0.25, -0.2) is 0 Å². The molecule has 3 N–H and O–H groups in total. The van der Waals surface area contributed by atoms with Crippen molar-refractivity contribution in [3.05, 3.63) is 0 Å². The summed E-state index contributed by atoms with van der Waals surface area (Å²) in [7, 11) is 0. The summed E-state index contributed by atoms with van der Waals surface area (Å²) in [5.74, 6) is 1.01. The fraction of sp³-hybridized carbons (Fsp3) is 0.909. The van der Waals surface area contributed by atoms with Crippen molar-refractivity contribution in [1.82, 2.24) is 0 Å². The van der Waals surface area contributed by atoms with E-state index in [1.807, 2.05) is 0 Å². The van der Waals surface area contributed by atoms with Crippen LogP contribution in [0.25, 0.3) is 0 Å². The SMILES string of the molecule is CC(C)CCOCC1(CC(=N)N)CC1. The van der Waals surface area contributed by atoms with E-state index in [-0.39, 0.29) is 5.41 Å². The molecule has 0 saturated heterocycles. The Kier molecular flexibility index (Phi) is 3.93. The summed E-state index contributed by atoms with van der Waals surface area (Å²) in [5, 5.41) is 7.26. The van der Waals surface area contributed by atoms with Crippen LogP contribution in [0.5, 0.6) is 0 Å². The average Bonchev–Trinajstić information content (AvgIpc) is 2.78. The molecule has 0 spiro atoms. The van der Waals surface area contributed by atoms with Gasteiger partial charge in [-0.05, 0) is 25.2 Å². The van der Waals surface area contributed by atoms with Gasteiger partial charge < -0.3 is 10.5 Å². The second-order valence-electron chi connectivity index (χ2n) is 4.94. The van der Waals surface area contributed by atoms with Gasteiger partial charge in [-0.2, -0.15) is 0 Å². The maximum Gasteiger partial charge on any atom is 0.0911 e. The van der Waals surface area contributed by atoms with Crippen molar-refractivity contribution in [1.29, 1.82) is 5.41 Å². The van der Waals surface area contributed by atoms with E-state index in [2.05, 4.69) is 13.8 Å². The van der Waals surface area contributed by atoms with Gasteiger partial charge in [-0.3, -0.25) is 5.41 Å². The van der Waals surface area contributed by atoms with Gasteiger partial charge in [-0.15, -0.1) is 0 Å². The summed E-state index contributed by atoms with van der Waals surface area (Å²) in [6, 6.07) is 0. The van der Waals surface area contributed by atoms with Crippen LogP contribution in [0, 0.1) is 16.7 Å². The highest BCUT2D eigenvalue weighted by atomic mass is 16.5. The molecule has 0 aromatic heterocycles. The van der Waals surface area contributed by atoms with E-state index in [4.69, 9.17) is 15.9 Å². The first-order chi connectivity index (χ1) is 6.54. The minimum absolute atomic E-state index is 0.239. The fourth-order valence-electron chi connectivity index (χ4n) is 1.56. The highest BCUT2D eigenvalue weighted by molar-refractivity contribution is 5.78. The molecule has 0 aromatic rings. The maximum absolute atomic E-state index is 7.26. The highest BCUT2D eigenvalue weighted by Gasteiger charge is 2.43. The van der Waals surface area contributed by atoms with E-state index < -0.39 is 0 Å².